The Labute approximate surface area is 320 Å². The summed E-state index contributed by atoms with van der Waals surface area (Å²) < 4.78 is 0. The van der Waals surface area contributed by atoms with E-state index in [1.807, 2.05) is 13.0 Å². The van der Waals surface area contributed by atoms with Crippen LogP contribution in [0.3, 0.4) is 0 Å². The molecule has 3 aliphatic rings. The molecular weight excluding hydrogens is 651 g/mol. The van der Waals surface area contributed by atoms with Gasteiger partial charge in [0, 0.05) is 20.0 Å². The predicted molar refractivity (Wildman–Crippen MR) is 225 cm³/mol. The lowest BCUT2D eigenvalue weighted by Gasteiger charge is -2.57. The summed E-state index contributed by atoms with van der Waals surface area (Å²) >= 11 is 0. The molecule has 0 aromatic heterocycles. The van der Waals surface area contributed by atoms with E-state index in [1.165, 1.54) is 71.3 Å². The summed E-state index contributed by atoms with van der Waals surface area (Å²) in [6.07, 6.45) is 9.43. The SMILES string of the molecule is C=C(O)CC.CCCc1cccc(C2N(C)c3cc(-c4cccc(NOC)c4)ccc3N2CC2(C)CCCC3(C)c4ccc(C(C)C)cc4CCC23)c1. The van der Waals surface area contributed by atoms with Crippen LogP contribution in [0, 0.1) is 11.3 Å². The van der Waals surface area contributed by atoms with Gasteiger partial charge >= 0.3 is 0 Å². The first-order valence-corrected chi connectivity index (χ1v) is 20.0. The highest BCUT2D eigenvalue weighted by molar-refractivity contribution is 5.84. The maximum absolute atomic E-state index is 8.17. The number of aliphatic hydroxyl groups excluding tert-OH is 1. The molecule has 2 N–H and O–H groups in total. The van der Waals surface area contributed by atoms with Gasteiger partial charge in [0.25, 0.3) is 0 Å². The zero-order valence-electron chi connectivity index (χ0n) is 33.6. The van der Waals surface area contributed by atoms with Crippen molar-refractivity contribution in [3.63, 3.8) is 0 Å². The van der Waals surface area contributed by atoms with Crippen LogP contribution in [-0.4, -0.2) is 25.8 Å². The van der Waals surface area contributed by atoms with Crippen LogP contribution < -0.4 is 15.3 Å². The van der Waals surface area contributed by atoms with Crippen molar-refractivity contribution in [2.75, 3.05) is 36.0 Å². The first kappa shape index (κ1) is 38.5. The van der Waals surface area contributed by atoms with E-state index in [4.69, 9.17) is 9.94 Å². The topological polar surface area (TPSA) is 48.0 Å². The van der Waals surface area contributed by atoms with Gasteiger partial charge in [0.15, 0.2) is 0 Å². The van der Waals surface area contributed by atoms with Gasteiger partial charge in [0.05, 0.1) is 29.9 Å². The van der Waals surface area contributed by atoms with Crippen molar-refractivity contribution >= 4 is 17.1 Å². The minimum atomic E-state index is 0.156. The van der Waals surface area contributed by atoms with Crippen LogP contribution in [0.4, 0.5) is 17.1 Å². The molecule has 0 saturated heterocycles. The third-order valence-electron chi connectivity index (χ3n) is 12.6. The maximum Gasteiger partial charge on any atom is 0.128 e. The van der Waals surface area contributed by atoms with Gasteiger partial charge in [0.2, 0.25) is 0 Å². The number of fused-ring (bicyclic) bond motifs is 4. The maximum atomic E-state index is 8.17. The van der Waals surface area contributed by atoms with Crippen molar-refractivity contribution in [3.05, 3.63) is 125 Å². The van der Waals surface area contributed by atoms with E-state index in [1.54, 1.807) is 18.2 Å². The van der Waals surface area contributed by atoms with Crippen LogP contribution in [0.15, 0.2) is 97.3 Å². The molecule has 1 saturated carbocycles. The van der Waals surface area contributed by atoms with Gasteiger partial charge in [-0.15, -0.1) is 0 Å². The number of aliphatic hydroxyl groups is 1. The normalized spacial score (nSPS) is 23.1. The van der Waals surface area contributed by atoms with Gasteiger partial charge in [-0.3, -0.25) is 10.3 Å². The minimum Gasteiger partial charge on any atom is -0.513 e. The molecule has 0 spiro atoms. The predicted octanol–water partition coefficient (Wildman–Crippen LogP) is 12.5. The highest BCUT2D eigenvalue weighted by atomic mass is 16.6. The number of nitrogens with zero attached hydrogens (tertiary/aromatic N) is 2. The van der Waals surface area contributed by atoms with Crippen LogP contribution in [0.2, 0.25) is 0 Å². The van der Waals surface area contributed by atoms with E-state index >= 15 is 0 Å². The minimum absolute atomic E-state index is 0.156. The Morgan fingerprint density at radius 3 is 2.42 bits per heavy atom. The Kier molecular flexibility index (Phi) is 11.6. The van der Waals surface area contributed by atoms with Gasteiger partial charge in [0.1, 0.15) is 6.17 Å². The number of nitrogens with one attached hydrogen (secondary N) is 1. The average Bonchev–Trinajstić information content (AvgIpc) is 3.41. The summed E-state index contributed by atoms with van der Waals surface area (Å²) in [6.45, 7) is 18.3. The number of anilines is 3. The van der Waals surface area contributed by atoms with Crippen molar-refractivity contribution in [2.45, 2.75) is 110 Å². The fourth-order valence-electron chi connectivity index (χ4n) is 9.94. The molecule has 5 heteroatoms. The Bertz CT molecular complexity index is 1900. The molecule has 1 fully saturated rings. The van der Waals surface area contributed by atoms with E-state index < -0.39 is 0 Å². The second-order valence-electron chi connectivity index (χ2n) is 16.7. The summed E-state index contributed by atoms with van der Waals surface area (Å²) in [5.74, 6) is 1.47. The highest BCUT2D eigenvalue weighted by Gasteiger charge is 2.53. The smallest absolute Gasteiger partial charge is 0.128 e. The van der Waals surface area contributed by atoms with Crippen molar-refractivity contribution in [3.8, 4) is 11.1 Å². The molecule has 5 nitrogen and oxygen atoms in total. The number of rotatable bonds is 10. The molecule has 53 heavy (non-hydrogen) atoms. The number of allylic oxidation sites excluding steroid dienone is 1. The molecule has 1 aliphatic heterocycles. The average molecular weight is 714 g/mol. The van der Waals surface area contributed by atoms with Gasteiger partial charge in [-0.2, -0.15) is 0 Å². The van der Waals surface area contributed by atoms with Crippen LogP contribution in [0.25, 0.3) is 11.1 Å². The molecule has 1 heterocycles. The molecule has 4 aromatic rings. The van der Waals surface area contributed by atoms with Crippen LogP contribution >= 0.6 is 0 Å². The molecule has 7 rings (SSSR count). The molecule has 4 aromatic carbocycles. The highest BCUT2D eigenvalue weighted by Crippen LogP contribution is 2.59. The molecule has 0 bridgehead atoms. The quantitative estimate of drug-likeness (QED) is 0.127. The largest absolute Gasteiger partial charge is 0.513 e. The Hall–Kier alpha value is -4.22. The van der Waals surface area contributed by atoms with Crippen LogP contribution in [-0.2, 0) is 23.1 Å². The Morgan fingerprint density at radius 2 is 1.70 bits per heavy atom. The van der Waals surface area contributed by atoms with E-state index in [0.717, 1.165) is 25.1 Å². The molecule has 2 aliphatic carbocycles. The lowest BCUT2D eigenvalue weighted by molar-refractivity contribution is 0.0301. The number of aryl methyl sites for hydroxylation is 2. The molecule has 4 unspecified atom stereocenters. The van der Waals surface area contributed by atoms with Crippen molar-refractivity contribution in [1.29, 1.82) is 0 Å². The van der Waals surface area contributed by atoms with Crippen molar-refractivity contribution in [1.82, 2.24) is 0 Å². The summed E-state index contributed by atoms with van der Waals surface area (Å²) in [4.78, 5) is 10.5. The zero-order chi connectivity index (χ0) is 37.9. The second-order valence-corrected chi connectivity index (χ2v) is 16.7. The van der Waals surface area contributed by atoms with E-state index in [9.17, 15) is 0 Å². The van der Waals surface area contributed by atoms with Gasteiger partial charge in [-0.1, -0.05) is 122 Å². The van der Waals surface area contributed by atoms with Gasteiger partial charge < -0.3 is 14.9 Å². The van der Waals surface area contributed by atoms with Crippen molar-refractivity contribution in [2.24, 2.45) is 11.3 Å². The Morgan fingerprint density at radius 1 is 0.943 bits per heavy atom. The zero-order valence-corrected chi connectivity index (χ0v) is 33.6. The summed E-state index contributed by atoms with van der Waals surface area (Å²) in [5, 5.41) is 8.17. The lowest BCUT2D eigenvalue weighted by Crippen LogP contribution is -2.54. The monoisotopic (exact) mass is 713 g/mol. The summed E-state index contributed by atoms with van der Waals surface area (Å²) in [5.41, 5.74) is 17.0. The molecular formula is C48H63N3O2. The van der Waals surface area contributed by atoms with Crippen molar-refractivity contribution < 1.29 is 9.94 Å². The molecule has 282 valence electrons. The summed E-state index contributed by atoms with van der Waals surface area (Å²) in [7, 11) is 3.96. The second kappa shape index (κ2) is 16.0. The first-order chi connectivity index (χ1) is 25.4. The molecule has 4 atom stereocenters. The fraction of sp³-hybridized carbons (Fsp3) is 0.458. The Balaban J connectivity index is 0.000000902. The summed E-state index contributed by atoms with van der Waals surface area (Å²) in [6, 6.07) is 32.5. The van der Waals surface area contributed by atoms with E-state index in [0.29, 0.717) is 18.3 Å². The number of benzene rings is 4. The fourth-order valence-corrected chi connectivity index (χ4v) is 9.94. The first-order valence-electron chi connectivity index (χ1n) is 20.0. The van der Waals surface area contributed by atoms with E-state index in [-0.39, 0.29) is 22.8 Å². The third-order valence-corrected chi connectivity index (χ3v) is 12.6. The van der Waals surface area contributed by atoms with Gasteiger partial charge in [-0.05, 0) is 118 Å². The third kappa shape index (κ3) is 7.74. The van der Waals surface area contributed by atoms with Gasteiger partial charge in [-0.25, -0.2) is 0 Å². The standard InChI is InChI=1S/C44H55N3O.C4H8O/c1-8-12-31-13-9-15-36(25-31)42-46(6)40-28-34(33-14-10-16-37(27-33)45-48-7)18-21-39(40)47(42)29-43(4)23-11-24-44(5)38-20-17-32(30(2)3)26-35(38)19-22-41(43)44;1-3-4(2)5/h9-10,13-18,20-21,25-28,30,41-42,45H,8,11-12,19,22-24,29H2,1-7H3;5H,2-3H2,1H3. The lowest BCUT2D eigenvalue weighted by atomic mass is 9.49. The van der Waals surface area contributed by atoms with Crippen LogP contribution in [0.5, 0.6) is 0 Å². The van der Waals surface area contributed by atoms with E-state index in [2.05, 4.69) is 142 Å². The number of hydrogen-bond donors (Lipinski definition) is 2. The van der Waals surface area contributed by atoms with Crippen LogP contribution in [0.1, 0.15) is 120 Å². The molecule has 0 amide bonds. The molecule has 0 radical (unpaired) electrons. The number of hydrogen-bond acceptors (Lipinski definition) is 5.